The highest BCUT2D eigenvalue weighted by Gasteiger charge is 2.26. The minimum Gasteiger partial charge on any atom is -0.463 e. The van der Waals surface area contributed by atoms with Crippen LogP contribution in [0, 0.1) is 5.92 Å². The molecule has 0 amide bonds. The van der Waals surface area contributed by atoms with Crippen LogP contribution in [0.3, 0.4) is 0 Å². The number of carbonyl (C=O) groups excluding carboxylic acids is 1. The molecule has 3 nitrogen and oxygen atoms in total. The lowest BCUT2D eigenvalue weighted by atomic mass is 9.86. The monoisotopic (exact) mass is 221 g/mol. The molecule has 2 N–H and O–H groups in total. The molecule has 0 bridgehead atoms. The van der Waals surface area contributed by atoms with Gasteiger partial charge in [0.15, 0.2) is 0 Å². The summed E-state index contributed by atoms with van der Waals surface area (Å²) < 4.78 is 5.14. The van der Waals surface area contributed by atoms with Crippen LogP contribution in [0.15, 0.2) is 0 Å². The Labute approximate surface area is 91.8 Å². The van der Waals surface area contributed by atoms with Gasteiger partial charge in [0.25, 0.3) is 0 Å². The fourth-order valence-corrected chi connectivity index (χ4v) is 1.77. The third kappa shape index (κ3) is 4.29. The van der Waals surface area contributed by atoms with Gasteiger partial charge >= 0.3 is 5.97 Å². The number of hydrogen-bond acceptors (Lipinski definition) is 3. The predicted molar refractivity (Wildman–Crippen MR) is 58.4 cm³/mol. The van der Waals surface area contributed by atoms with Gasteiger partial charge in [-0.15, -0.1) is 12.4 Å². The molecule has 1 saturated carbocycles. The average molecular weight is 222 g/mol. The van der Waals surface area contributed by atoms with E-state index < -0.39 is 0 Å². The second-order valence-electron chi connectivity index (χ2n) is 4.11. The van der Waals surface area contributed by atoms with E-state index in [2.05, 4.69) is 0 Å². The fraction of sp³-hybridized carbons (Fsp3) is 0.900. The summed E-state index contributed by atoms with van der Waals surface area (Å²) in [5, 5.41) is 0. The van der Waals surface area contributed by atoms with E-state index in [1.165, 1.54) is 0 Å². The van der Waals surface area contributed by atoms with E-state index in [0.717, 1.165) is 25.7 Å². The van der Waals surface area contributed by atoms with E-state index >= 15 is 0 Å². The molecule has 2 atom stereocenters. The molecule has 1 fully saturated rings. The molecule has 84 valence electrons. The minimum atomic E-state index is -0.0647. The number of hydrogen-bond donors (Lipinski definition) is 1. The Balaban J connectivity index is 0.00000169. The molecular formula is C10H20ClNO2. The summed E-state index contributed by atoms with van der Waals surface area (Å²) >= 11 is 0. The number of carbonyl (C=O) groups is 1. The lowest BCUT2D eigenvalue weighted by Crippen LogP contribution is -2.33. The Morgan fingerprint density at radius 3 is 2.57 bits per heavy atom. The SMILES string of the molecule is CC(C)OC(=O)[C@H]1CCC[C@@H](N)C1.Cl. The number of ether oxygens (including phenoxy) is 1. The molecule has 0 unspecified atom stereocenters. The van der Waals surface area contributed by atoms with Crippen LogP contribution in [-0.2, 0) is 9.53 Å². The maximum atomic E-state index is 11.5. The zero-order valence-corrected chi connectivity index (χ0v) is 9.68. The molecule has 0 spiro atoms. The molecule has 1 aliphatic rings. The molecule has 4 heteroatoms. The van der Waals surface area contributed by atoms with E-state index in [9.17, 15) is 4.79 Å². The Bertz CT molecular complexity index is 185. The highest BCUT2D eigenvalue weighted by Crippen LogP contribution is 2.24. The van der Waals surface area contributed by atoms with Crippen LogP contribution in [0.4, 0.5) is 0 Å². The summed E-state index contributed by atoms with van der Waals surface area (Å²) in [5.41, 5.74) is 5.79. The molecule has 0 aromatic heterocycles. The van der Waals surface area contributed by atoms with Crippen LogP contribution in [0.5, 0.6) is 0 Å². The average Bonchev–Trinajstić information content (AvgIpc) is 2.03. The molecular weight excluding hydrogens is 202 g/mol. The van der Waals surface area contributed by atoms with Crippen LogP contribution < -0.4 is 5.73 Å². The number of nitrogens with two attached hydrogens (primary N) is 1. The highest BCUT2D eigenvalue weighted by molar-refractivity contribution is 5.85. The number of halogens is 1. The second kappa shape index (κ2) is 6.25. The van der Waals surface area contributed by atoms with Gasteiger partial charge in [-0.25, -0.2) is 0 Å². The third-order valence-corrected chi connectivity index (χ3v) is 2.40. The van der Waals surface area contributed by atoms with Crippen LogP contribution in [-0.4, -0.2) is 18.1 Å². The Morgan fingerprint density at radius 1 is 1.43 bits per heavy atom. The molecule has 0 saturated heterocycles. The summed E-state index contributed by atoms with van der Waals surface area (Å²) in [6, 6.07) is 0.193. The summed E-state index contributed by atoms with van der Waals surface area (Å²) in [6.45, 7) is 3.75. The third-order valence-electron chi connectivity index (χ3n) is 2.40. The first-order chi connectivity index (χ1) is 6.09. The van der Waals surface area contributed by atoms with Gasteiger partial charge in [0.1, 0.15) is 0 Å². The quantitative estimate of drug-likeness (QED) is 0.725. The first-order valence-corrected chi connectivity index (χ1v) is 5.05. The van der Waals surface area contributed by atoms with Crippen molar-refractivity contribution in [1.29, 1.82) is 0 Å². The fourth-order valence-electron chi connectivity index (χ4n) is 1.77. The maximum absolute atomic E-state index is 11.5. The predicted octanol–water partition coefficient (Wildman–Crippen LogP) is 1.88. The summed E-state index contributed by atoms with van der Waals surface area (Å²) in [4.78, 5) is 11.5. The number of rotatable bonds is 2. The van der Waals surface area contributed by atoms with Gasteiger partial charge in [-0.05, 0) is 33.1 Å². The van der Waals surface area contributed by atoms with Gasteiger partial charge in [-0.3, -0.25) is 4.79 Å². The minimum absolute atomic E-state index is 0. The molecule has 0 aliphatic heterocycles. The number of esters is 1. The van der Waals surface area contributed by atoms with Gasteiger partial charge in [-0.2, -0.15) is 0 Å². The van der Waals surface area contributed by atoms with Crippen molar-refractivity contribution in [2.24, 2.45) is 11.7 Å². The van der Waals surface area contributed by atoms with E-state index in [1.54, 1.807) is 0 Å². The van der Waals surface area contributed by atoms with E-state index in [1.807, 2.05) is 13.8 Å². The standard InChI is InChI=1S/C10H19NO2.ClH/c1-7(2)13-10(12)8-4-3-5-9(11)6-8;/h7-9H,3-6,11H2,1-2H3;1H/t8-,9+;/m0./s1. The Kier molecular flexibility index (Phi) is 6.12. The summed E-state index contributed by atoms with van der Waals surface area (Å²) in [6.07, 6.45) is 3.83. The van der Waals surface area contributed by atoms with Crippen LogP contribution in [0.1, 0.15) is 39.5 Å². The molecule has 0 radical (unpaired) electrons. The lowest BCUT2D eigenvalue weighted by Gasteiger charge is -2.25. The first-order valence-electron chi connectivity index (χ1n) is 5.05. The van der Waals surface area contributed by atoms with Crippen molar-refractivity contribution in [3.63, 3.8) is 0 Å². The molecule has 0 aromatic carbocycles. The van der Waals surface area contributed by atoms with Crippen molar-refractivity contribution in [2.75, 3.05) is 0 Å². The van der Waals surface area contributed by atoms with Crippen LogP contribution >= 0.6 is 12.4 Å². The van der Waals surface area contributed by atoms with Gasteiger partial charge in [0.2, 0.25) is 0 Å². The molecule has 1 aliphatic carbocycles. The normalized spacial score (nSPS) is 26.9. The van der Waals surface area contributed by atoms with Gasteiger partial charge in [0, 0.05) is 6.04 Å². The molecule has 14 heavy (non-hydrogen) atoms. The summed E-state index contributed by atoms with van der Waals surface area (Å²) in [5.74, 6) is -0.0173. The first kappa shape index (κ1) is 13.7. The van der Waals surface area contributed by atoms with Crippen molar-refractivity contribution < 1.29 is 9.53 Å². The molecule has 0 aromatic rings. The largest absolute Gasteiger partial charge is 0.463 e. The van der Waals surface area contributed by atoms with Gasteiger partial charge < -0.3 is 10.5 Å². The molecule has 1 rings (SSSR count). The van der Waals surface area contributed by atoms with Crippen molar-refractivity contribution >= 4 is 18.4 Å². The Morgan fingerprint density at radius 2 is 2.07 bits per heavy atom. The molecule has 0 heterocycles. The topological polar surface area (TPSA) is 52.3 Å². The van der Waals surface area contributed by atoms with E-state index in [4.69, 9.17) is 10.5 Å². The van der Waals surface area contributed by atoms with Gasteiger partial charge in [0.05, 0.1) is 12.0 Å². The zero-order valence-electron chi connectivity index (χ0n) is 8.86. The second-order valence-corrected chi connectivity index (χ2v) is 4.11. The van der Waals surface area contributed by atoms with Crippen molar-refractivity contribution in [3.8, 4) is 0 Å². The van der Waals surface area contributed by atoms with Gasteiger partial charge in [-0.1, -0.05) is 6.42 Å². The van der Waals surface area contributed by atoms with Crippen molar-refractivity contribution in [2.45, 2.75) is 51.7 Å². The van der Waals surface area contributed by atoms with Crippen LogP contribution in [0.25, 0.3) is 0 Å². The maximum Gasteiger partial charge on any atom is 0.309 e. The van der Waals surface area contributed by atoms with Crippen molar-refractivity contribution in [1.82, 2.24) is 0 Å². The smallest absolute Gasteiger partial charge is 0.309 e. The lowest BCUT2D eigenvalue weighted by molar-refractivity contribution is -0.153. The highest BCUT2D eigenvalue weighted by atomic mass is 35.5. The van der Waals surface area contributed by atoms with E-state index in [0.29, 0.717) is 0 Å². The Hall–Kier alpha value is -0.280. The van der Waals surface area contributed by atoms with E-state index in [-0.39, 0.29) is 36.4 Å². The van der Waals surface area contributed by atoms with Crippen molar-refractivity contribution in [3.05, 3.63) is 0 Å². The van der Waals surface area contributed by atoms with Crippen LogP contribution in [0.2, 0.25) is 0 Å². The zero-order chi connectivity index (χ0) is 9.84. The summed E-state index contributed by atoms with van der Waals surface area (Å²) in [7, 11) is 0.